The molecule has 120 valence electrons. The summed E-state index contributed by atoms with van der Waals surface area (Å²) in [6, 6.07) is 8.18. The number of carbonyl (C=O) groups excluding carboxylic acids is 2. The maximum absolute atomic E-state index is 11.2. The maximum Gasteiger partial charge on any atom is 0.305 e. The molecule has 0 saturated heterocycles. The molecular weight excluding hydrogens is 280 g/mol. The highest BCUT2D eigenvalue weighted by Crippen LogP contribution is 2.18. The first-order valence-corrected chi connectivity index (χ1v) is 7.60. The summed E-state index contributed by atoms with van der Waals surface area (Å²) in [6.07, 6.45) is 3.70. The van der Waals surface area contributed by atoms with Crippen molar-refractivity contribution in [3.63, 3.8) is 0 Å². The van der Waals surface area contributed by atoms with E-state index >= 15 is 0 Å². The van der Waals surface area contributed by atoms with E-state index in [1.807, 2.05) is 25.1 Å². The van der Waals surface area contributed by atoms with E-state index in [1.165, 1.54) is 19.4 Å². The molecule has 0 heterocycles. The third-order valence-electron chi connectivity index (χ3n) is 3.13. The molecule has 0 radical (unpaired) electrons. The van der Waals surface area contributed by atoms with E-state index in [-0.39, 0.29) is 0 Å². The van der Waals surface area contributed by atoms with Crippen LogP contribution in [0.5, 0.6) is 0 Å². The van der Waals surface area contributed by atoms with Crippen LogP contribution < -0.4 is 0 Å². The van der Waals surface area contributed by atoms with Gasteiger partial charge in [0, 0.05) is 19.4 Å². The van der Waals surface area contributed by atoms with Crippen molar-refractivity contribution in [2.45, 2.75) is 53.2 Å². The van der Waals surface area contributed by atoms with Crippen LogP contribution >= 0.6 is 0 Å². The number of hydrogen-bond donors (Lipinski definition) is 0. The van der Waals surface area contributed by atoms with E-state index in [4.69, 9.17) is 9.47 Å². The summed E-state index contributed by atoms with van der Waals surface area (Å²) in [5, 5.41) is 0. The van der Waals surface area contributed by atoms with E-state index in [9.17, 15) is 9.59 Å². The molecule has 0 fully saturated rings. The Bertz CT molecular complexity index is 513. The predicted octanol–water partition coefficient (Wildman–Crippen LogP) is 3.88. The Morgan fingerprint density at radius 3 is 2.00 bits per heavy atom. The van der Waals surface area contributed by atoms with Crippen molar-refractivity contribution < 1.29 is 19.1 Å². The van der Waals surface area contributed by atoms with Gasteiger partial charge in [-0.05, 0) is 30.0 Å². The van der Waals surface area contributed by atoms with Gasteiger partial charge in [-0.1, -0.05) is 44.5 Å². The number of benzene rings is 1. The van der Waals surface area contributed by atoms with E-state index < -0.39 is 18.2 Å². The second-order valence-corrected chi connectivity index (χ2v) is 5.12. The van der Waals surface area contributed by atoms with Gasteiger partial charge in [0.15, 0.2) is 0 Å². The molecule has 0 aliphatic heterocycles. The van der Waals surface area contributed by atoms with Crippen molar-refractivity contribution in [2.24, 2.45) is 0 Å². The smallest absolute Gasteiger partial charge is 0.305 e. The summed E-state index contributed by atoms with van der Waals surface area (Å²) in [7, 11) is 0. The number of rotatable bonds is 7. The maximum atomic E-state index is 11.2. The van der Waals surface area contributed by atoms with Gasteiger partial charge in [0.2, 0.25) is 0 Å². The monoisotopic (exact) mass is 304 g/mol. The molecule has 0 spiro atoms. The van der Waals surface area contributed by atoms with Gasteiger partial charge in [-0.25, -0.2) is 0 Å². The lowest BCUT2D eigenvalue weighted by molar-refractivity contribution is -0.178. The Balaban J connectivity index is 2.98. The predicted molar refractivity (Wildman–Crippen MR) is 86.0 cm³/mol. The van der Waals surface area contributed by atoms with Crippen LogP contribution in [0.3, 0.4) is 0 Å². The van der Waals surface area contributed by atoms with Gasteiger partial charge >= 0.3 is 11.9 Å². The topological polar surface area (TPSA) is 52.6 Å². The van der Waals surface area contributed by atoms with Crippen LogP contribution in [0.1, 0.15) is 51.7 Å². The highest BCUT2D eigenvalue weighted by Gasteiger charge is 2.19. The molecule has 0 N–H and O–H groups in total. The van der Waals surface area contributed by atoms with Crippen LogP contribution in [-0.4, -0.2) is 18.2 Å². The molecule has 4 nitrogen and oxygen atoms in total. The fourth-order valence-electron chi connectivity index (χ4n) is 2.10. The number of esters is 2. The molecule has 1 aromatic carbocycles. The molecule has 0 bridgehead atoms. The van der Waals surface area contributed by atoms with Crippen LogP contribution in [0.4, 0.5) is 0 Å². The molecule has 0 amide bonds. The summed E-state index contributed by atoms with van der Waals surface area (Å²) >= 11 is 0. The fraction of sp³-hybridized carbons (Fsp3) is 0.444. The molecule has 1 rings (SSSR count). The minimum absolute atomic E-state index is 0.483. The number of hydrogen-bond acceptors (Lipinski definition) is 4. The van der Waals surface area contributed by atoms with Crippen LogP contribution in [0, 0.1) is 0 Å². The lowest BCUT2D eigenvalue weighted by Crippen LogP contribution is -2.24. The Hall–Kier alpha value is -2.10. The lowest BCUT2D eigenvalue weighted by Gasteiger charge is -2.19. The zero-order valence-electron chi connectivity index (χ0n) is 13.7. The summed E-state index contributed by atoms with van der Waals surface area (Å²) in [6.45, 7) is 6.66. The molecule has 4 heteroatoms. The minimum atomic E-state index is -0.963. The second-order valence-electron chi connectivity index (χ2n) is 5.12. The van der Waals surface area contributed by atoms with Crippen LogP contribution in [0.2, 0.25) is 0 Å². The zero-order valence-corrected chi connectivity index (χ0v) is 13.7. The summed E-state index contributed by atoms with van der Waals surface area (Å²) < 4.78 is 10.2. The fourth-order valence-corrected chi connectivity index (χ4v) is 2.10. The van der Waals surface area contributed by atoms with Crippen LogP contribution in [-0.2, 0) is 25.5 Å². The minimum Gasteiger partial charge on any atom is -0.421 e. The third-order valence-corrected chi connectivity index (χ3v) is 3.13. The van der Waals surface area contributed by atoms with E-state index in [0.29, 0.717) is 6.42 Å². The number of aryl methyl sites for hydroxylation is 1. The second kappa shape index (κ2) is 9.03. The van der Waals surface area contributed by atoms with Gasteiger partial charge in [0.25, 0.3) is 6.29 Å². The number of carbonyl (C=O) groups is 2. The van der Waals surface area contributed by atoms with Gasteiger partial charge in [-0.15, -0.1) is 0 Å². The first-order chi connectivity index (χ1) is 10.5. The zero-order chi connectivity index (χ0) is 16.5. The summed E-state index contributed by atoms with van der Waals surface area (Å²) in [4.78, 5) is 22.4. The first-order valence-electron chi connectivity index (χ1n) is 7.60. The van der Waals surface area contributed by atoms with Crippen molar-refractivity contribution in [3.05, 3.63) is 41.0 Å². The normalized spacial score (nSPS) is 11.4. The molecular formula is C18H24O4. The highest BCUT2D eigenvalue weighted by atomic mass is 16.7. The van der Waals surface area contributed by atoms with E-state index in [0.717, 1.165) is 24.0 Å². The van der Waals surface area contributed by atoms with Gasteiger partial charge in [-0.2, -0.15) is 0 Å². The molecule has 0 atom stereocenters. The summed E-state index contributed by atoms with van der Waals surface area (Å²) in [5.74, 6) is -0.965. The van der Waals surface area contributed by atoms with Gasteiger partial charge in [-0.3, -0.25) is 9.59 Å². The van der Waals surface area contributed by atoms with Crippen molar-refractivity contribution in [3.8, 4) is 0 Å². The Labute approximate surface area is 132 Å². The first kappa shape index (κ1) is 18.0. The van der Waals surface area contributed by atoms with Gasteiger partial charge < -0.3 is 9.47 Å². The molecule has 0 aromatic heterocycles. The van der Waals surface area contributed by atoms with E-state index in [2.05, 4.69) is 19.1 Å². The summed E-state index contributed by atoms with van der Waals surface area (Å²) in [5.41, 5.74) is 3.02. The molecule has 1 aromatic rings. The van der Waals surface area contributed by atoms with Gasteiger partial charge in [0.1, 0.15) is 0 Å². The quantitative estimate of drug-likeness (QED) is 0.566. The Morgan fingerprint density at radius 1 is 1.05 bits per heavy atom. The average molecular weight is 304 g/mol. The molecule has 0 aliphatic carbocycles. The Morgan fingerprint density at radius 2 is 1.59 bits per heavy atom. The highest BCUT2D eigenvalue weighted by molar-refractivity contribution is 5.69. The lowest BCUT2D eigenvalue weighted by atomic mass is 10.0. The van der Waals surface area contributed by atoms with E-state index in [1.54, 1.807) is 0 Å². The molecule has 22 heavy (non-hydrogen) atoms. The van der Waals surface area contributed by atoms with Crippen molar-refractivity contribution in [1.82, 2.24) is 0 Å². The van der Waals surface area contributed by atoms with Gasteiger partial charge in [0.05, 0.1) is 0 Å². The molecule has 0 aliphatic rings. The van der Waals surface area contributed by atoms with Crippen LogP contribution in [0.15, 0.2) is 29.8 Å². The van der Waals surface area contributed by atoms with Crippen molar-refractivity contribution in [1.29, 1.82) is 0 Å². The molecule has 0 saturated carbocycles. The average Bonchev–Trinajstić information content (AvgIpc) is 2.45. The number of ether oxygens (including phenoxy) is 2. The Kier molecular flexibility index (Phi) is 7.37. The standard InChI is InChI=1S/C18H24O4/c1-5-7-15-8-10-16(11-9-15)12-17(6-2)18(21-13(3)19)22-14(4)20/h8-12,18H,5-7H2,1-4H3. The SMILES string of the molecule is CCCc1ccc(C=C(CC)C(OC(C)=O)OC(C)=O)cc1. The largest absolute Gasteiger partial charge is 0.421 e. The van der Waals surface area contributed by atoms with Crippen LogP contribution in [0.25, 0.3) is 6.08 Å². The third kappa shape index (κ3) is 6.12. The van der Waals surface area contributed by atoms with Crippen molar-refractivity contribution in [2.75, 3.05) is 0 Å². The van der Waals surface area contributed by atoms with Crippen molar-refractivity contribution >= 4 is 18.0 Å². The molecule has 0 unspecified atom stereocenters.